The van der Waals surface area contributed by atoms with Crippen LogP contribution >= 0.6 is 22.9 Å². The second kappa shape index (κ2) is 8.64. The molecule has 2 fully saturated rings. The number of hydrogen-bond acceptors (Lipinski definition) is 4. The van der Waals surface area contributed by atoms with Gasteiger partial charge in [-0.1, -0.05) is 29.8 Å². The Morgan fingerprint density at radius 1 is 1.14 bits per heavy atom. The van der Waals surface area contributed by atoms with Gasteiger partial charge in [-0.25, -0.2) is 0 Å². The van der Waals surface area contributed by atoms with E-state index in [1.165, 1.54) is 0 Å². The second-order valence-corrected chi connectivity index (χ2v) is 8.63. The molecule has 2 aliphatic rings. The second-order valence-electron chi connectivity index (χ2n) is 7.17. The molecule has 0 bridgehead atoms. The lowest BCUT2D eigenvalue weighted by Crippen LogP contribution is -2.49. The minimum atomic E-state index is -0.114. The highest BCUT2D eigenvalue weighted by Gasteiger charge is 2.31. The number of carbonyl (C=O) groups excluding carboxylic acids is 2. The number of ether oxygens (including phenoxy) is 1. The Kier molecular flexibility index (Phi) is 5.99. The van der Waals surface area contributed by atoms with Crippen molar-refractivity contribution in [3.05, 3.63) is 40.2 Å². The van der Waals surface area contributed by atoms with E-state index in [9.17, 15) is 9.59 Å². The Bertz CT molecular complexity index is 904. The Labute approximate surface area is 173 Å². The molecule has 2 aliphatic heterocycles. The number of halogens is 1. The van der Waals surface area contributed by atoms with Crippen LogP contribution in [0.4, 0.5) is 0 Å². The van der Waals surface area contributed by atoms with Gasteiger partial charge >= 0.3 is 0 Å². The lowest BCUT2D eigenvalue weighted by atomic mass is 9.96. The molecule has 3 heterocycles. The molecule has 0 saturated carbocycles. The van der Waals surface area contributed by atoms with Crippen molar-refractivity contribution < 1.29 is 14.3 Å². The summed E-state index contributed by atoms with van der Waals surface area (Å²) in [5, 5.41) is 1.69. The molecule has 0 radical (unpaired) electrons. The zero-order valence-corrected chi connectivity index (χ0v) is 17.2. The fourth-order valence-electron chi connectivity index (χ4n) is 3.81. The first-order valence-corrected chi connectivity index (χ1v) is 10.8. The van der Waals surface area contributed by atoms with Crippen LogP contribution in [0.5, 0.6) is 0 Å². The molecule has 0 aliphatic carbocycles. The highest BCUT2D eigenvalue weighted by molar-refractivity contribution is 7.20. The summed E-state index contributed by atoms with van der Waals surface area (Å²) in [6.45, 7) is 3.66. The number of piperidine rings is 1. The maximum absolute atomic E-state index is 12.7. The standard InChI is InChI=1S/C21H23ClN2O3S/c22-20-16-5-1-2-6-17(16)28-18(20)7-8-19(25)24-9-3-4-15(14-24)21(26)23-10-12-27-13-11-23/h1-2,5-8,15H,3-4,9-14H2/b8-7+. The third kappa shape index (κ3) is 4.09. The molecule has 1 atom stereocenters. The molecule has 2 aromatic rings. The van der Waals surface area contributed by atoms with Crippen LogP contribution in [0.15, 0.2) is 30.3 Å². The molecule has 2 saturated heterocycles. The molecule has 28 heavy (non-hydrogen) atoms. The van der Waals surface area contributed by atoms with Crippen LogP contribution in [0.1, 0.15) is 17.7 Å². The molecule has 1 unspecified atom stereocenters. The highest BCUT2D eigenvalue weighted by Crippen LogP contribution is 2.36. The minimum Gasteiger partial charge on any atom is -0.378 e. The van der Waals surface area contributed by atoms with Gasteiger partial charge in [0, 0.05) is 47.2 Å². The maximum Gasteiger partial charge on any atom is 0.246 e. The first-order valence-electron chi connectivity index (χ1n) is 9.64. The van der Waals surface area contributed by atoms with E-state index in [1.54, 1.807) is 28.4 Å². The number of carbonyl (C=O) groups is 2. The number of thiophene rings is 1. The van der Waals surface area contributed by atoms with Crippen LogP contribution < -0.4 is 0 Å². The quantitative estimate of drug-likeness (QED) is 0.714. The number of likely N-dealkylation sites (tertiary alicyclic amines) is 1. The predicted octanol–water partition coefficient (Wildman–Crippen LogP) is 3.67. The Morgan fingerprint density at radius 3 is 2.71 bits per heavy atom. The summed E-state index contributed by atoms with van der Waals surface area (Å²) in [4.78, 5) is 30.0. The zero-order valence-electron chi connectivity index (χ0n) is 15.6. The number of rotatable bonds is 3. The van der Waals surface area contributed by atoms with Gasteiger partial charge < -0.3 is 14.5 Å². The average Bonchev–Trinajstić information content (AvgIpc) is 3.08. The predicted molar refractivity (Wildman–Crippen MR) is 113 cm³/mol. The molecule has 1 aromatic heterocycles. The molecule has 7 heteroatoms. The number of morpholine rings is 1. The highest BCUT2D eigenvalue weighted by atomic mass is 35.5. The summed E-state index contributed by atoms with van der Waals surface area (Å²) in [5.41, 5.74) is 0. The Morgan fingerprint density at radius 2 is 1.93 bits per heavy atom. The van der Waals surface area contributed by atoms with E-state index in [0.29, 0.717) is 44.4 Å². The van der Waals surface area contributed by atoms with Crippen molar-refractivity contribution in [2.24, 2.45) is 5.92 Å². The van der Waals surface area contributed by atoms with E-state index in [0.717, 1.165) is 27.8 Å². The fraction of sp³-hybridized carbons (Fsp3) is 0.429. The van der Waals surface area contributed by atoms with E-state index >= 15 is 0 Å². The first kappa shape index (κ1) is 19.4. The molecule has 4 rings (SSSR count). The Balaban J connectivity index is 1.41. The maximum atomic E-state index is 12.7. The summed E-state index contributed by atoms with van der Waals surface area (Å²) in [5.74, 6) is -0.0255. The monoisotopic (exact) mass is 418 g/mol. The zero-order chi connectivity index (χ0) is 19.5. The molecule has 0 spiro atoms. The fourth-order valence-corrected chi connectivity index (χ4v) is 5.21. The van der Waals surface area contributed by atoms with Gasteiger partial charge in [-0.2, -0.15) is 0 Å². The normalized spacial score (nSPS) is 20.8. The van der Waals surface area contributed by atoms with Crippen molar-refractivity contribution in [1.29, 1.82) is 0 Å². The van der Waals surface area contributed by atoms with Crippen molar-refractivity contribution in [1.82, 2.24) is 9.80 Å². The van der Waals surface area contributed by atoms with Gasteiger partial charge in [0.05, 0.1) is 24.2 Å². The van der Waals surface area contributed by atoms with Crippen molar-refractivity contribution in [3.63, 3.8) is 0 Å². The summed E-state index contributed by atoms with van der Waals surface area (Å²) < 4.78 is 6.43. The Hall–Kier alpha value is -1.89. The number of benzene rings is 1. The SMILES string of the molecule is O=C(/C=C/c1sc2ccccc2c1Cl)N1CCCC(C(=O)N2CCOCC2)C1. The van der Waals surface area contributed by atoms with E-state index in [4.69, 9.17) is 16.3 Å². The van der Waals surface area contributed by atoms with E-state index in [2.05, 4.69) is 0 Å². The molecule has 0 N–H and O–H groups in total. The summed E-state index contributed by atoms with van der Waals surface area (Å²) >= 11 is 8.03. The third-order valence-electron chi connectivity index (χ3n) is 5.34. The van der Waals surface area contributed by atoms with E-state index in [-0.39, 0.29) is 17.7 Å². The van der Waals surface area contributed by atoms with Crippen molar-refractivity contribution in [3.8, 4) is 0 Å². The summed E-state index contributed by atoms with van der Waals surface area (Å²) in [6, 6.07) is 7.95. The number of fused-ring (bicyclic) bond motifs is 1. The van der Waals surface area contributed by atoms with Crippen LogP contribution in [-0.4, -0.2) is 61.0 Å². The lowest BCUT2D eigenvalue weighted by molar-refractivity contribution is -0.143. The van der Waals surface area contributed by atoms with Crippen molar-refractivity contribution in [2.75, 3.05) is 39.4 Å². The molecular weight excluding hydrogens is 396 g/mol. The third-order valence-corrected chi connectivity index (χ3v) is 7.00. The van der Waals surface area contributed by atoms with Gasteiger partial charge in [-0.3, -0.25) is 9.59 Å². The van der Waals surface area contributed by atoms with Crippen LogP contribution in [-0.2, 0) is 14.3 Å². The van der Waals surface area contributed by atoms with Crippen LogP contribution in [0.25, 0.3) is 16.2 Å². The van der Waals surface area contributed by atoms with Crippen molar-refractivity contribution >= 4 is 50.9 Å². The molecular formula is C21H23ClN2O3S. The van der Waals surface area contributed by atoms with Gasteiger partial charge in [0.15, 0.2) is 0 Å². The lowest BCUT2D eigenvalue weighted by Gasteiger charge is -2.35. The van der Waals surface area contributed by atoms with E-state index < -0.39 is 0 Å². The van der Waals surface area contributed by atoms with Gasteiger partial charge in [0.2, 0.25) is 11.8 Å². The minimum absolute atomic E-state index is 0.0620. The van der Waals surface area contributed by atoms with Crippen LogP contribution in [0.2, 0.25) is 5.02 Å². The van der Waals surface area contributed by atoms with Gasteiger partial charge in [0.1, 0.15) is 0 Å². The van der Waals surface area contributed by atoms with Gasteiger partial charge in [-0.05, 0) is 25.0 Å². The topological polar surface area (TPSA) is 49.9 Å². The van der Waals surface area contributed by atoms with Gasteiger partial charge in [-0.15, -0.1) is 11.3 Å². The van der Waals surface area contributed by atoms with E-state index in [1.807, 2.05) is 29.2 Å². The number of hydrogen-bond donors (Lipinski definition) is 0. The molecule has 148 valence electrons. The first-order chi connectivity index (χ1) is 13.6. The summed E-state index contributed by atoms with van der Waals surface area (Å²) in [7, 11) is 0. The molecule has 2 amide bonds. The number of nitrogens with zero attached hydrogens (tertiary/aromatic N) is 2. The summed E-state index contributed by atoms with van der Waals surface area (Å²) in [6.07, 6.45) is 5.07. The average molecular weight is 419 g/mol. The number of amides is 2. The molecule has 5 nitrogen and oxygen atoms in total. The molecule has 1 aromatic carbocycles. The largest absolute Gasteiger partial charge is 0.378 e. The van der Waals surface area contributed by atoms with Gasteiger partial charge in [0.25, 0.3) is 0 Å². The van der Waals surface area contributed by atoms with Crippen LogP contribution in [0.3, 0.4) is 0 Å². The smallest absolute Gasteiger partial charge is 0.246 e. The van der Waals surface area contributed by atoms with Crippen LogP contribution in [0, 0.1) is 5.92 Å². The van der Waals surface area contributed by atoms with Crippen molar-refractivity contribution in [2.45, 2.75) is 12.8 Å².